The quantitative estimate of drug-likeness (QED) is 0.870. The Labute approximate surface area is 107 Å². The van der Waals surface area contributed by atoms with E-state index < -0.39 is 29.1 Å². The van der Waals surface area contributed by atoms with E-state index >= 15 is 0 Å². The molecule has 7 heteroatoms. The summed E-state index contributed by atoms with van der Waals surface area (Å²) in [4.78, 5) is 7.25. The van der Waals surface area contributed by atoms with Crippen molar-refractivity contribution in [3.8, 4) is 11.6 Å². The number of ether oxygens (including phenoxy) is 1. The molecule has 19 heavy (non-hydrogen) atoms. The van der Waals surface area contributed by atoms with Crippen molar-refractivity contribution in [1.29, 1.82) is 0 Å². The summed E-state index contributed by atoms with van der Waals surface area (Å²) in [5, 5.41) is 0. The fourth-order valence-electron chi connectivity index (χ4n) is 1.43. The predicted octanol–water partition coefficient (Wildman–Crippen LogP) is 2.83. The molecule has 2 aromatic rings. The van der Waals surface area contributed by atoms with Gasteiger partial charge in [0.1, 0.15) is 12.1 Å². The standard InChI is InChI=1S/C12H10F3N3O/c1-2-9-11(15)12(18-5-17-9)19-10-4-6(13)8(16)3-7(10)14/h3-5H,2,16H2,1H3. The Morgan fingerprint density at radius 2 is 1.89 bits per heavy atom. The number of halogens is 3. The normalized spacial score (nSPS) is 10.5. The maximum absolute atomic E-state index is 13.8. The minimum Gasteiger partial charge on any atom is -0.433 e. The highest BCUT2D eigenvalue weighted by Gasteiger charge is 2.15. The second kappa shape index (κ2) is 5.13. The van der Waals surface area contributed by atoms with E-state index in [9.17, 15) is 13.2 Å². The lowest BCUT2D eigenvalue weighted by molar-refractivity contribution is 0.390. The van der Waals surface area contributed by atoms with Crippen LogP contribution in [0.4, 0.5) is 18.9 Å². The van der Waals surface area contributed by atoms with Crippen LogP contribution in [0.1, 0.15) is 12.6 Å². The first-order valence-corrected chi connectivity index (χ1v) is 5.44. The van der Waals surface area contributed by atoms with Gasteiger partial charge in [0, 0.05) is 12.1 Å². The minimum atomic E-state index is -0.907. The molecular weight excluding hydrogens is 259 g/mol. The van der Waals surface area contributed by atoms with Crippen LogP contribution in [0.25, 0.3) is 0 Å². The summed E-state index contributed by atoms with van der Waals surface area (Å²) in [6, 6.07) is 1.49. The minimum absolute atomic E-state index is 0.126. The molecule has 1 aromatic heterocycles. The number of aromatic nitrogens is 2. The van der Waals surface area contributed by atoms with Gasteiger partial charge in [0.25, 0.3) is 5.88 Å². The lowest BCUT2D eigenvalue weighted by Crippen LogP contribution is -2.01. The molecule has 0 amide bonds. The highest BCUT2D eigenvalue weighted by Crippen LogP contribution is 2.28. The highest BCUT2D eigenvalue weighted by molar-refractivity contribution is 5.45. The SMILES string of the molecule is CCc1ncnc(Oc2cc(F)c(N)cc2F)c1F. The second-order valence-electron chi connectivity index (χ2n) is 3.70. The summed E-state index contributed by atoms with van der Waals surface area (Å²) in [6.07, 6.45) is 1.41. The third-order valence-corrected chi connectivity index (χ3v) is 2.42. The van der Waals surface area contributed by atoms with E-state index in [0.29, 0.717) is 6.42 Å². The molecule has 0 saturated heterocycles. The predicted molar refractivity (Wildman–Crippen MR) is 62.2 cm³/mol. The van der Waals surface area contributed by atoms with Crippen LogP contribution in [-0.4, -0.2) is 9.97 Å². The largest absolute Gasteiger partial charge is 0.433 e. The number of anilines is 1. The van der Waals surface area contributed by atoms with Gasteiger partial charge < -0.3 is 10.5 Å². The molecule has 0 unspecified atom stereocenters. The summed E-state index contributed by atoms with van der Waals surface area (Å²) < 4.78 is 45.4. The zero-order valence-corrected chi connectivity index (χ0v) is 9.95. The number of benzene rings is 1. The Bertz CT molecular complexity index is 619. The van der Waals surface area contributed by atoms with E-state index in [1.807, 2.05) is 0 Å². The molecule has 4 nitrogen and oxygen atoms in total. The van der Waals surface area contributed by atoms with Crippen molar-refractivity contribution >= 4 is 5.69 Å². The van der Waals surface area contributed by atoms with Crippen LogP contribution in [-0.2, 0) is 6.42 Å². The molecule has 0 atom stereocenters. The fraction of sp³-hybridized carbons (Fsp3) is 0.167. The third-order valence-electron chi connectivity index (χ3n) is 2.42. The lowest BCUT2D eigenvalue weighted by atomic mass is 10.3. The molecule has 100 valence electrons. The van der Waals surface area contributed by atoms with Crippen molar-refractivity contribution in [1.82, 2.24) is 9.97 Å². The summed E-state index contributed by atoms with van der Waals surface area (Å²) in [5.74, 6) is -3.53. The molecule has 0 aliphatic heterocycles. The Morgan fingerprint density at radius 3 is 2.58 bits per heavy atom. The van der Waals surface area contributed by atoms with Gasteiger partial charge in [-0.1, -0.05) is 6.92 Å². The molecule has 0 spiro atoms. The molecule has 0 radical (unpaired) electrons. The number of nitrogens with zero attached hydrogens (tertiary/aromatic N) is 2. The van der Waals surface area contributed by atoms with Crippen LogP contribution >= 0.6 is 0 Å². The van der Waals surface area contributed by atoms with Gasteiger partial charge in [-0.25, -0.2) is 13.8 Å². The summed E-state index contributed by atoms with van der Waals surface area (Å²) in [7, 11) is 0. The van der Waals surface area contributed by atoms with Crippen LogP contribution in [0.2, 0.25) is 0 Å². The number of nitrogens with two attached hydrogens (primary N) is 1. The van der Waals surface area contributed by atoms with Crippen molar-refractivity contribution in [2.75, 3.05) is 5.73 Å². The Balaban J connectivity index is 2.39. The Morgan fingerprint density at radius 1 is 1.16 bits per heavy atom. The number of aryl methyl sites for hydroxylation is 1. The maximum atomic E-state index is 13.8. The van der Waals surface area contributed by atoms with Gasteiger partial charge in [-0.15, -0.1) is 0 Å². The molecule has 2 N–H and O–H groups in total. The van der Waals surface area contributed by atoms with E-state index in [-0.39, 0.29) is 11.4 Å². The molecule has 0 fully saturated rings. The smallest absolute Gasteiger partial charge is 0.259 e. The first-order valence-electron chi connectivity index (χ1n) is 5.44. The van der Waals surface area contributed by atoms with Crippen molar-refractivity contribution in [2.45, 2.75) is 13.3 Å². The summed E-state index contributed by atoms with van der Waals surface area (Å²) in [5.41, 5.74) is 4.96. The first kappa shape index (κ1) is 13.1. The molecular formula is C12H10F3N3O. The number of nitrogen functional groups attached to an aromatic ring is 1. The third kappa shape index (κ3) is 2.59. The Kier molecular flexibility index (Phi) is 3.55. The van der Waals surface area contributed by atoms with Gasteiger partial charge in [0.2, 0.25) is 5.82 Å². The molecule has 2 rings (SSSR count). The molecule has 0 aliphatic rings. The van der Waals surface area contributed by atoms with E-state index in [0.717, 1.165) is 18.5 Å². The van der Waals surface area contributed by atoms with E-state index in [1.54, 1.807) is 6.92 Å². The topological polar surface area (TPSA) is 61.0 Å². The van der Waals surface area contributed by atoms with Crippen molar-refractivity contribution in [2.24, 2.45) is 0 Å². The van der Waals surface area contributed by atoms with E-state index in [2.05, 4.69) is 9.97 Å². The zero-order valence-electron chi connectivity index (χ0n) is 9.95. The first-order chi connectivity index (χ1) is 9.02. The maximum Gasteiger partial charge on any atom is 0.259 e. The average Bonchev–Trinajstić information content (AvgIpc) is 2.38. The van der Waals surface area contributed by atoms with Gasteiger partial charge in [-0.2, -0.15) is 9.37 Å². The molecule has 0 aliphatic carbocycles. The monoisotopic (exact) mass is 269 g/mol. The summed E-state index contributed by atoms with van der Waals surface area (Å²) >= 11 is 0. The van der Waals surface area contributed by atoms with Gasteiger partial charge >= 0.3 is 0 Å². The highest BCUT2D eigenvalue weighted by atomic mass is 19.1. The number of hydrogen-bond donors (Lipinski definition) is 1. The van der Waals surface area contributed by atoms with Gasteiger partial charge in [-0.3, -0.25) is 0 Å². The van der Waals surface area contributed by atoms with Crippen LogP contribution in [0.15, 0.2) is 18.5 Å². The van der Waals surface area contributed by atoms with Gasteiger partial charge in [0.05, 0.1) is 11.4 Å². The fourth-order valence-corrected chi connectivity index (χ4v) is 1.43. The zero-order chi connectivity index (χ0) is 14.0. The van der Waals surface area contributed by atoms with Crippen molar-refractivity contribution in [3.05, 3.63) is 41.6 Å². The van der Waals surface area contributed by atoms with Crippen LogP contribution in [0.3, 0.4) is 0 Å². The number of hydrogen-bond acceptors (Lipinski definition) is 4. The Hall–Kier alpha value is -2.31. The van der Waals surface area contributed by atoms with Crippen molar-refractivity contribution < 1.29 is 17.9 Å². The van der Waals surface area contributed by atoms with Crippen molar-refractivity contribution in [3.63, 3.8) is 0 Å². The lowest BCUT2D eigenvalue weighted by Gasteiger charge is -2.08. The van der Waals surface area contributed by atoms with Crippen LogP contribution in [0.5, 0.6) is 11.6 Å². The van der Waals surface area contributed by atoms with E-state index in [1.165, 1.54) is 0 Å². The number of rotatable bonds is 3. The molecule has 0 bridgehead atoms. The van der Waals surface area contributed by atoms with Gasteiger partial charge in [0.15, 0.2) is 11.6 Å². The molecule has 1 heterocycles. The summed E-state index contributed by atoms with van der Waals surface area (Å²) in [6.45, 7) is 1.69. The second-order valence-corrected chi connectivity index (χ2v) is 3.70. The van der Waals surface area contributed by atoms with E-state index in [4.69, 9.17) is 10.5 Å². The molecule has 0 saturated carbocycles. The van der Waals surface area contributed by atoms with Gasteiger partial charge in [-0.05, 0) is 6.42 Å². The molecule has 1 aromatic carbocycles. The average molecular weight is 269 g/mol. The van der Waals surface area contributed by atoms with Crippen LogP contribution in [0, 0.1) is 17.5 Å². The van der Waals surface area contributed by atoms with Crippen LogP contribution < -0.4 is 10.5 Å².